The van der Waals surface area contributed by atoms with Gasteiger partial charge in [-0.15, -0.1) is 0 Å². The molecule has 1 fully saturated rings. The average molecular weight is 335 g/mol. The first kappa shape index (κ1) is 17.7. The van der Waals surface area contributed by atoms with Crippen molar-refractivity contribution in [3.05, 3.63) is 28.3 Å². The molecule has 0 aliphatic carbocycles. The Kier molecular flexibility index (Phi) is 4.77. The molecule has 1 aliphatic rings. The van der Waals surface area contributed by atoms with Crippen LogP contribution in [0.2, 0.25) is 0 Å². The second-order valence-electron chi connectivity index (χ2n) is 6.71. The Morgan fingerprint density at radius 2 is 2.08 bits per heavy atom. The van der Waals surface area contributed by atoms with E-state index in [4.69, 9.17) is 4.74 Å². The molecular weight excluding hydrogens is 314 g/mol. The number of carbonyl (C=O) groups is 2. The number of nitro groups is 1. The third-order valence-electron chi connectivity index (χ3n) is 3.96. The first-order chi connectivity index (χ1) is 11.1. The molecule has 0 spiro atoms. The second-order valence-corrected chi connectivity index (χ2v) is 6.71. The second kappa shape index (κ2) is 6.46. The number of non-ortho nitro benzene ring substituents is 1. The maximum absolute atomic E-state index is 12.5. The summed E-state index contributed by atoms with van der Waals surface area (Å²) in [4.78, 5) is 36.6. The number of hydrogen-bond acceptors (Lipinski definition) is 5. The van der Waals surface area contributed by atoms with Crippen molar-refractivity contribution in [3.8, 4) is 5.75 Å². The number of ether oxygens (including phenoxy) is 1. The zero-order valence-corrected chi connectivity index (χ0v) is 14.2. The monoisotopic (exact) mass is 335 g/mol. The van der Waals surface area contributed by atoms with E-state index in [1.807, 2.05) is 20.8 Å². The summed E-state index contributed by atoms with van der Waals surface area (Å²) in [6, 6.07) is 3.97. The Labute approximate surface area is 139 Å². The van der Waals surface area contributed by atoms with E-state index in [1.54, 1.807) is 4.90 Å². The highest BCUT2D eigenvalue weighted by Gasteiger charge is 2.39. The smallest absolute Gasteiger partial charge is 0.271 e. The van der Waals surface area contributed by atoms with Gasteiger partial charge >= 0.3 is 0 Å². The Morgan fingerprint density at radius 3 is 2.58 bits per heavy atom. The van der Waals surface area contributed by atoms with Crippen molar-refractivity contribution in [2.75, 3.05) is 19.0 Å². The topological polar surface area (TPSA) is 102 Å². The highest BCUT2D eigenvalue weighted by Crippen LogP contribution is 2.31. The van der Waals surface area contributed by atoms with Crippen molar-refractivity contribution in [2.45, 2.75) is 32.7 Å². The normalized spacial score (nSPS) is 17.8. The van der Waals surface area contributed by atoms with Crippen LogP contribution in [0.3, 0.4) is 0 Å². The predicted octanol–water partition coefficient (Wildman–Crippen LogP) is 2.19. The van der Waals surface area contributed by atoms with E-state index >= 15 is 0 Å². The standard InChI is InChI=1S/C16H21N3O5/c1-16(2,3)18-9-10(7-14(18)20)15(21)17-12-8-11(19(22)23)5-6-13(12)24-4/h5-6,8,10H,7,9H2,1-4H3,(H,17,21). The molecule has 0 aromatic heterocycles. The van der Waals surface area contributed by atoms with Crippen LogP contribution in [-0.2, 0) is 9.59 Å². The summed E-state index contributed by atoms with van der Waals surface area (Å²) in [5.41, 5.74) is -0.279. The molecule has 8 nitrogen and oxygen atoms in total. The third-order valence-corrected chi connectivity index (χ3v) is 3.96. The summed E-state index contributed by atoms with van der Waals surface area (Å²) in [7, 11) is 1.41. The number of hydrogen-bond donors (Lipinski definition) is 1. The van der Waals surface area contributed by atoms with Gasteiger partial charge in [-0.3, -0.25) is 19.7 Å². The molecule has 1 aromatic rings. The summed E-state index contributed by atoms with van der Waals surface area (Å²) in [5, 5.41) is 13.5. The number of rotatable bonds is 4. The molecule has 8 heteroatoms. The minimum Gasteiger partial charge on any atom is -0.495 e. The van der Waals surface area contributed by atoms with E-state index in [-0.39, 0.29) is 35.1 Å². The highest BCUT2D eigenvalue weighted by molar-refractivity contribution is 5.98. The van der Waals surface area contributed by atoms with E-state index in [1.165, 1.54) is 25.3 Å². The average Bonchev–Trinajstić information content (AvgIpc) is 2.89. The Balaban J connectivity index is 2.17. The van der Waals surface area contributed by atoms with Gasteiger partial charge < -0.3 is 15.0 Å². The van der Waals surface area contributed by atoms with Crippen LogP contribution >= 0.6 is 0 Å². The number of benzene rings is 1. The molecule has 24 heavy (non-hydrogen) atoms. The number of amides is 2. The van der Waals surface area contributed by atoms with E-state index in [0.717, 1.165) is 0 Å². The number of methoxy groups -OCH3 is 1. The fourth-order valence-corrected chi connectivity index (χ4v) is 2.67. The molecule has 2 rings (SSSR count). The Morgan fingerprint density at radius 1 is 1.42 bits per heavy atom. The van der Waals surface area contributed by atoms with Gasteiger partial charge in [0, 0.05) is 30.6 Å². The van der Waals surface area contributed by atoms with Gasteiger partial charge in [0.25, 0.3) is 5.69 Å². The zero-order valence-electron chi connectivity index (χ0n) is 14.2. The summed E-state index contributed by atoms with van der Waals surface area (Å²) >= 11 is 0. The first-order valence-electron chi connectivity index (χ1n) is 7.57. The molecule has 0 radical (unpaired) electrons. The van der Waals surface area contributed by atoms with Crippen LogP contribution in [0.25, 0.3) is 0 Å². The number of nitrogens with zero attached hydrogens (tertiary/aromatic N) is 2. The molecule has 1 aliphatic heterocycles. The van der Waals surface area contributed by atoms with Gasteiger partial charge in [0.15, 0.2) is 0 Å². The molecule has 1 unspecified atom stereocenters. The molecule has 130 valence electrons. The molecule has 0 bridgehead atoms. The lowest BCUT2D eigenvalue weighted by Crippen LogP contribution is -2.42. The maximum Gasteiger partial charge on any atom is 0.271 e. The summed E-state index contributed by atoms with van der Waals surface area (Å²) in [6.45, 7) is 6.06. The van der Waals surface area contributed by atoms with Crippen LogP contribution in [0.1, 0.15) is 27.2 Å². The van der Waals surface area contributed by atoms with Crippen LogP contribution in [0, 0.1) is 16.0 Å². The summed E-state index contributed by atoms with van der Waals surface area (Å²) < 4.78 is 5.13. The highest BCUT2D eigenvalue weighted by atomic mass is 16.6. The van der Waals surface area contributed by atoms with E-state index in [0.29, 0.717) is 12.3 Å². The van der Waals surface area contributed by atoms with Crippen molar-refractivity contribution in [3.63, 3.8) is 0 Å². The molecule has 0 saturated carbocycles. The molecule has 1 atom stereocenters. The summed E-state index contributed by atoms with van der Waals surface area (Å²) in [6.07, 6.45) is 0.125. The van der Waals surface area contributed by atoms with Crippen LogP contribution in [-0.4, -0.2) is 40.8 Å². The van der Waals surface area contributed by atoms with Crippen LogP contribution in [0.15, 0.2) is 18.2 Å². The number of nitrogens with one attached hydrogen (secondary N) is 1. The van der Waals surface area contributed by atoms with E-state index in [9.17, 15) is 19.7 Å². The SMILES string of the molecule is COc1ccc([N+](=O)[O-])cc1NC(=O)C1CC(=O)N(C(C)(C)C)C1. The number of nitro benzene ring substituents is 1. The van der Waals surface area contributed by atoms with Gasteiger partial charge in [0.2, 0.25) is 11.8 Å². The van der Waals surface area contributed by atoms with Crippen LogP contribution in [0.4, 0.5) is 11.4 Å². The molecule has 1 saturated heterocycles. The van der Waals surface area contributed by atoms with E-state index in [2.05, 4.69) is 5.32 Å². The first-order valence-corrected chi connectivity index (χ1v) is 7.57. The minimum atomic E-state index is -0.546. The van der Waals surface area contributed by atoms with Gasteiger partial charge in [-0.05, 0) is 26.8 Å². The molecule has 1 aromatic carbocycles. The van der Waals surface area contributed by atoms with Gasteiger partial charge in [-0.2, -0.15) is 0 Å². The molecular formula is C16H21N3O5. The van der Waals surface area contributed by atoms with Crippen LogP contribution < -0.4 is 10.1 Å². The molecule has 1 N–H and O–H groups in total. The number of carbonyl (C=O) groups excluding carboxylic acids is 2. The van der Waals surface area contributed by atoms with Gasteiger partial charge in [0.1, 0.15) is 5.75 Å². The predicted molar refractivity (Wildman–Crippen MR) is 87.9 cm³/mol. The van der Waals surface area contributed by atoms with Crippen molar-refractivity contribution in [1.29, 1.82) is 0 Å². The number of anilines is 1. The zero-order chi connectivity index (χ0) is 18.1. The molecule has 1 heterocycles. The summed E-state index contributed by atoms with van der Waals surface area (Å²) in [5.74, 6) is -0.603. The third kappa shape index (κ3) is 3.64. The lowest BCUT2D eigenvalue weighted by molar-refractivity contribution is -0.384. The lowest BCUT2D eigenvalue weighted by atomic mass is 10.1. The molecule has 2 amide bonds. The quantitative estimate of drug-likeness (QED) is 0.671. The Hall–Kier alpha value is -2.64. The minimum absolute atomic E-state index is 0.0753. The van der Waals surface area contributed by atoms with Crippen molar-refractivity contribution in [1.82, 2.24) is 4.90 Å². The fourth-order valence-electron chi connectivity index (χ4n) is 2.67. The van der Waals surface area contributed by atoms with Crippen molar-refractivity contribution < 1.29 is 19.2 Å². The van der Waals surface area contributed by atoms with Crippen molar-refractivity contribution in [2.24, 2.45) is 5.92 Å². The van der Waals surface area contributed by atoms with Gasteiger partial charge in [-0.25, -0.2) is 0 Å². The van der Waals surface area contributed by atoms with Gasteiger partial charge in [-0.1, -0.05) is 0 Å². The number of likely N-dealkylation sites (tertiary alicyclic amines) is 1. The maximum atomic E-state index is 12.5. The Bertz CT molecular complexity index is 681. The lowest BCUT2D eigenvalue weighted by Gasteiger charge is -2.31. The van der Waals surface area contributed by atoms with Crippen LogP contribution in [0.5, 0.6) is 5.75 Å². The van der Waals surface area contributed by atoms with E-state index < -0.39 is 10.8 Å². The largest absolute Gasteiger partial charge is 0.495 e. The van der Waals surface area contributed by atoms with Crippen molar-refractivity contribution >= 4 is 23.2 Å². The van der Waals surface area contributed by atoms with Gasteiger partial charge in [0.05, 0.1) is 23.6 Å². The fraction of sp³-hybridized carbons (Fsp3) is 0.500.